The van der Waals surface area contributed by atoms with Crippen molar-refractivity contribution in [2.45, 2.75) is 0 Å². The Morgan fingerprint density at radius 1 is 1.52 bits per heavy atom. The highest BCUT2D eigenvalue weighted by atomic mass is 35.5. The summed E-state index contributed by atoms with van der Waals surface area (Å²) in [6, 6.07) is 2.51. The highest BCUT2D eigenvalue weighted by Crippen LogP contribution is 2.36. The second-order valence-corrected chi connectivity index (χ2v) is 4.77. The molecule has 0 aromatic heterocycles. The largest absolute Gasteiger partial charge is 0.493 e. The van der Waals surface area contributed by atoms with Crippen LogP contribution in [0.25, 0.3) is 0 Å². The van der Waals surface area contributed by atoms with Crippen LogP contribution in [0.2, 0.25) is 5.02 Å². The van der Waals surface area contributed by atoms with E-state index in [9.17, 15) is 9.59 Å². The minimum atomic E-state index is -1.10. The Hall–Kier alpha value is -2.15. The number of urea groups is 1. The molecule has 1 aromatic carbocycles. The van der Waals surface area contributed by atoms with Crippen LogP contribution in [0.15, 0.2) is 12.1 Å². The van der Waals surface area contributed by atoms with E-state index in [1.165, 1.54) is 19.2 Å². The van der Waals surface area contributed by atoms with Gasteiger partial charge in [-0.2, -0.15) is 0 Å². The van der Waals surface area contributed by atoms with Crippen LogP contribution < -0.4 is 14.8 Å². The highest BCUT2D eigenvalue weighted by Gasteiger charge is 2.20. The minimum Gasteiger partial charge on any atom is -0.493 e. The number of methoxy groups -OCH3 is 1. The average Bonchev–Trinajstić information content (AvgIpc) is 2.85. The van der Waals surface area contributed by atoms with E-state index in [2.05, 4.69) is 5.32 Å². The summed E-state index contributed by atoms with van der Waals surface area (Å²) in [7, 11) is 1.40. The van der Waals surface area contributed by atoms with Gasteiger partial charge in [-0.15, -0.1) is 0 Å². The maximum Gasteiger partial charge on any atom is 0.335 e. The fraction of sp³-hybridized carbons (Fsp3) is 0.385. The molecule has 21 heavy (non-hydrogen) atoms. The third kappa shape index (κ3) is 3.49. The van der Waals surface area contributed by atoms with Crippen LogP contribution >= 0.6 is 11.6 Å². The van der Waals surface area contributed by atoms with Gasteiger partial charge < -0.3 is 24.8 Å². The molecule has 1 fully saturated rings. The standard InChI is InChI=1S/C13H15ClN2O5/c1-20-10-7-8(12(17)18)6-9(14)11(10)21-5-4-16-3-2-15-13(16)19/h6-7H,2-5H2,1H3,(H,15,19)(H,17,18). The number of halogens is 1. The molecule has 0 saturated carbocycles. The first-order valence-corrected chi connectivity index (χ1v) is 6.67. The van der Waals surface area contributed by atoms with Crippen LogP contribution in [0.1, 0.15) is 10.4 Å². The number of amides is 2. The number of hydrogen-bond donors (Lipinski definition) is 2. The molecular weight excluding hydrogens is 300 g/mol. The van der Waals surface area contributed by atoms with Gasteiger partial charge in [0.15, 0.2) is 11.5 Å². The van der Waals surface area contributed by atoms with Gasteiger partial charge in [-0.1, -0.05) is 11.6 Å². The maximum atomic E-state index is 11.4. The topological polar surface area (TPSA) is 88.1 Å². The number of hydrogen-bond acceptors (Lipinski definition) is 4. The number of carbonyl (C=O) groups is 2. The molecule has 1 saturated heterocycles. The number of benzene rings is 1. The average molecular weight is 315 g/mol. The Kier molecular flexibility index (Phi) is 4.74. The molecule has 2 N–H and O–H groups in total. The van der Waals surface area contributed by atoms with Gasteiger partial charge in [0.1, 0.15) is 6.61 Å². The van der Waals surface area contributed by atoms with E-state index in [1.807, 2.05) is 0 Å². The molecule has 2 amide bonds. The fourth-order valence-corrected chi connectivity index (χ4v) is 2.23. The fourth-order valence-electron chi connectivity index (χ4n) is 1.97. The molecular formula is C13H15ClN2O5. The molecule has 0 unspecified atom stereocenters. The van der Waals surface area contributed by atoms with Gasteiger partial charge >= 0.3 is 12.0 Å². The third-order valence-corrected chi connectivity index (χ3v) is 3.31. The molecule has 114 valence electrons. The van der Waals surface area contributed by atoms with Crippen LogP contribution in [-0.4, -0.2) is 55.4 Å². The Morgan fingerprint density at radius 3 is 2.86 bits per heavy atom. The van der Waals surface area contributed by atoms with E-state index in [0.717, 1.165) is 0 Å². The summed E-state index contributed by atoms with van der Waals surface area (Å²) in [5.41, 5.74) is 0.0168. The quantitative estimate of drug-likeness (QED) is 0.829. The molecule has 8 heteroatoms. The van der Waals surface area contributed by atoms with E-state index >= 15 is 0 Å². The molecule has 0 aliphatic carbocycles. The van der Waals surface area contributed by atoms with Gasteiger partial charge in [0.05, 0.1) is 24.2 Å². The summed E-state index contributed by atoms with van der Waals surface area (Å²) in [5, 5.41) is 11.8. The predicted octanol–water partition coefficient (Wildman–Crippen LogP) is 1.45. The van der Waals surface area contributed by atoms with Crippen molar-refractivity contribution < 1.29 is 24.2 Å². The number of carbonyl (C=O) groups excluding carboxylic acids is 1. The lowest BCUT2D eigenvalue weighted by Gasteiger charge is -2.17. The van der Waals surface area contributed by atoms with Gasteiger partial charge in [-0.3, -0.25) is 0 Å². The van der Waals surface area contributed by atoms with Crippen LogP contribution in [0.5, 0.6) is 11.5 Å². The van der Waals surface area contributed by atoms with E-state index in [1.54, 1.807) is 4.90 Å². The number of nitrogens with zero attached hydrogens (tertiary/aromatic N) is 1. The van der Waals surface area contributed by atoms with Gasteiger partial charge in [-0.05, 0) is 12.1 Å². The molecule has 1 heterocycles. The Balaban J connectivity index is 2.05. The normalized spacial score (nSPS) is 14.0. The van der Waals surface area contributed by atoms with E-state index in [0.29, 0.717) is 19.6 Å². The molecule has 0 spiro atoms. The Labute approximate surface area is 126 Å². The van der Waals surface area contributed by atoms with Crippen molar-refractivity contribution in [2.24, 2.45) is 0 Å². The molecule has 1 aromatic rings. The summed E-state index contributed by atoms with van der Waals surface area (Å²) in [6.07, 6.45) is 0. The van der Waals surface area contributed by atoms with E-state index < -0.39 is 5.97 Å². The van der Waals surface area contributed by atoms with Gasteiger partial charge in [0, 0.05) is 13.1 Å². The summed E-state index contributed by atoms with van der Waals surface area (Å²) in [4.78, 5) is 23.9. The van der Waals surface area contributed by atoms with Crippen LogP contribution in [-0.2, 0) is 0 Å². The van der Waals surface area contributed by atoms with Crippen molar-refractivity contribution in [3.63, 3.8) is 0 Å². The molecule has 1 aliphatic rings. The molecule has 0 atom stereocenters. The lowest BCUT2D eigenvalue weighted by Crippen LogP contribution is -2.31. The lowest BCUT2D eigenvalue weighted by atomic mass is 10.2. The molecule has 2 rings (SSSR count). The first kappa shape index (κ1) is 15.2. The van der Waals surface area contributed by atoms with Crippen molar-refractivity contribution >= 4 is 23.6 Å². The van der Waals surface area contributed by atoms with Crippen LogP contribution in [0.4, 0.5) is 4.79 Å². The van der Waals surface area contributed by atoms with Crippen molar-refractivity contribution in [1.82, 2.24) is 10.2 Å². The lowest BCUT2D eigenvalue weighted by molar-refractivity contribution is 0.0696. The molecule has 7 nitrogen and oxygen atoms in total. The number of rotatable bonds is 6. The predicted molar refractivity (Wildman–Crippen MR) is 75.4 cm³/mol. The van der Waals surface area contributed by atoms with Crippen molar-refractivity contribution in [3.8, 4) is 11.5 Å². The summed E-state index contributed by atoms with van der Waals surface area (Å²) < 4.78 is 10.6. The summed E-state index contributed by atoms with van der Waals surface area (Å²) in [5.74, 6) is -0.593. The zero-order valence-electron chi connectivity index (χ0n) is 11.4. The number of nitrogens with one attached hydrogen (secondary N) is 1. The molecule has 0 bridgehead atoms. The Morgan fingerprint density at radius 2 is 2.29 bits per heavy atom. The SMILES string of the molecule is COc1cc(C(=O)O)cc(Cl)c1OCCN1CCNC1=O. The first-order chi connectivity index (χ1) is 10.0. The van der Waals surface area contributed by atoms with Crippen molar-refractivity contribution in [3.05, 3.63) is 22.7 Å². The summed E-state index contributed by atoms with van der Waals surface area (Å²) in [6.45, 7) is 1.89. The monoisotopic (exact) mass is 314 g/mol. The second-order valence-electron chi connectivity index (χ2n) is 4.36. The first-order valence-electron chi connectivity index (χ1n) is 6.29. The Bertz CT molecular complexity index is 564. The third-order valence-electron chi connectivity index (χ3n) is 3.03. The van der Waals surface area contributed by atoms with Gasteiger partial charge in [0.2, 0.25) is 0 Å². The second kappa shape index (κ2) is 6.53. The zero-order valence-corrected chi connectivity index (χ0v) is 12.1. The van der Waals surface area contributed by atoms with Gasteiger partial charge in [0.25, 0.3) is 0 Å². The zero-order chi connectivity index (χ0) is 15.4. The van der Waals surface area contributed by atoms with Crippen molar-refractivity contribution in [2.75, 3.05) is 33.4 Å². The van der Waals surface area contributed by atoms with Crippen LogP contribution in [0, 0.1) is 0 Å². The van der Waals surface area contributed by atoms with E-state index in [4.69, 9.17) is 26.2 Å². The number of carboxylic acid groups (broad SMARTS) is 1. The molecule has 0 radical (unpaired) electrons. The summed E-state index contributed by atoms with van der Waals surface area (Å²) >= 11 is 6.02. The molecule has 1 aliphatic heterocycles. The van der Waals surface area contributed by atoms with Crippen LogP contribution in [0.3, 0.4) is 0 Å². The number of aromatic carboxylic acids is 1. The number of carboxylic acids is 1. The van der Waals surface area contributed by atoms with Crippen molar-refractivity contribution in [1.29, 1.82) is 0 Å². The smallest absolute Gasteiger partial charge is 0.335 e. The van der Waals surface area contributed by atoms with E-state index in [-0.39, 0.29) is 34.7 Å². The highest BCUT2D eigenvalue weighted by molar-refractivity contribution is 6.32. The minimum absolute atomic E-state index is 0.0168. The maximum absolute atomic E-state index is 11.4. The van der Waals surface area contributed by atoms with Gasteiger partial charge in [-0.25, -0.2) is 9.59 Å². The number of ether oxygens (including phenoxy) is 2.